The van der Waals surface area contributed by atoms with Crippen LogP contribution in [0.4, 0.5) is 11.4 Å². The summed E-state index contributed by atoms with van der Waals surface area (Å²) >= 11 is 0. The summed E-state index contributed by atoms with van der Waals surface area (Å²) in [6.45, 7) is 2.27. The van der Waals surface area contributed by atoms with Gasteiger partial charge in [-0.15, -0.1) is 0 Å². The van der Waals surface area contributed by atoms with Gasteiger partial charge in [-0.2, -0.15) is 0 Å². The van der Waals surface area contributed by atoms with E-state index in [4.69, 9.17) is 0 Å². The molecule has 0 atom stereocenters. The zero-order valence-corrected chi connectivity index (χ0v) is 16.3. The van der Waals surface area contributed by atoms with E-state index in [1.54, 1.807) is 0 Å². The Balaban J connectivity index is 1.63. The van der Waals surface area contributed by atoms with Crippen molar-refractivity contribution >= 4 is 27.3 Å². The molecular formula is C19H29N3O3S. The minimum absolute atomic E-state index is 0.0702. The van der Waals surface area contributed by atoms with Gasteiger partial charge in [0, 0.05) is 37.8 Å². The van der Waals surface area contributed by atoms with E-state index in [0.717, 1.165) is 44.5 Å². The minimum Gasteiger partial charge on any atom is -0.372 e. The number of nitrogens with zero attached hydrogens (tertiary/aromatic N) is 2. The van der Waals surface area contributed by atoms with Crippen LogP contribution in [-0.2, 0) is 14.8 Å². The highest BCUT2D eigenvalue weighted by Crippen LogP contribution is 2.25. The average molecular weight is 380 g/mol. The molecule has 1 aromatic carbocycles. The predicted molar refractivity (Wildman–Crippen MR) is 105 cm³/mol. The van der Waals surface area contributed by atoms with Crippen LogP contribution in [0.2, 0.25) is 0 Å². The van der Waals surface area contributed by atoms with Crippen molar-refractivity contribution in [3.63, 3.8) is 0 Å². The van der Waals surface area contributed by atoms with Crippen molar-refractivity contribution in [2.24, 2.45) is 0 Å². The Labute approximate surface area is 156 Å². The Morgan fingerprint density at radius 2 is 1.73 bits per heavy atom. The Morgan fingerprint density at radius 1 is 1.12 bits per heavy atom. The molecule has 144 valence electrons. The van der Waals surface area contributed by atoms with Crippen molar-refractivity contribution in [2.45, 2.75) is 51.0 Å². The van der Waals surface area contributed by atoms with Gasteiger partial charge in [0.15, 0.2) is 0 Å². The molecule has 0 aromatic heterocycles. The van der Waals surface area contributed by atoms with Gasteiger partial charge >= 0.3 is 0 Å². The summed E-state index contributed by atoms with van der Waals surface area (Å²) in [6.07, 6.45) is 8.14. The molecule has 0 bridgehead atoms. The number of benzene rings is 1. The molecule has 26 heavy (non-hydrogen) atoms. The summed E-state index contributed by atoms with van der Waals surface area (Å²) in [5.41, 5.74) is 1.74. The first-order valence-electron chi connectivity index (χ1n) is 9.55. The van der Waals surface area contributed by atoms with Gasteiger partial charge in [-0.25, -0.2) is 8.42 Å². The summed E-state index contributed by atoms with van der Waals surface area (Å²) in [7, 11) is -3.43. The van der Waals surface area contributed by atoms with Crippen LogP contribution in [0.3, 0.4) is 0 Å². The second-order valence-corrected chi connectivity index (χ2v) is 9.25. The molecular weight excluding hydrogens is 350 g/mol. The number of hydrogen-bond donors (Lipinski definition) is 1. The molecule has 1 saturated carbocycles. The van der Waals surface area contributed by atoms with Gasteiger partial charge in [0.1, 0.15) is 0 Å². The molecule has 6 nitrogen and oxygen atoms in total. The number of sulfonamides is 1. The lowest BCUT2D eigenvalue weighted by Gasteiger charge is -2.24. The van der Waals surface area contributed by atoms with E-state index in [1.807, 2.05) is 24.3 Å². The smallest absolute Gasteiger partial charge is 0.232 e. The normalized spacial score (nSPS) is 18.3. The fourth-order valence-corrected chi connectivity index (χ4v) is 4.79. The molecule has 1 aromatic rings. The van der Waals surface area contributed by atoms with Crippen LogP contribution in [-0.4, -0.2) is 46.3 Å². The minimum atomic E-state index is -3.43. The second kappa shape index (κ2) is 8.29. The third kappa shape index (κ3) is 4.90. The van der Waals surface area contributed by atoms with Crippen LogP contribution in [0.1, 0.15) is 44.9 Å². The maximum absolute atomic E-state index is 12.2. The Hall–Kier alpha value is -1.76. The van der Waals surface area contributed by atoms with Crippen molar-refractivity contribution in [1.82, 2.24) is 5.32 Å². The molecule has 3 rings (SSSR count). The summed E-state index contributed by atoms with van der Waals surface area (Å²) in [6, 6.07) is 7.87. The van der Waals surface area contributed by atoms with Crippen LogP contribution < -0.4 is 14.5 Å². The molecule has 1 amide bonds. The topological polar surface area (TPSA) is 69.7 Å². The number of rotatable bonds is 7. The number of hydrogen-bond acceptors (Lipinski definition) is 4. The molecule has 1 saturated heterocycles. The number of carbonyl (C=O) groups excluding carboxylic acids is 1. The maximum Gasteiger partial charge on any atom is 0.232 e. The zero-order chi connectivity index (χ0) is 18.6. The fourth-order valence-electron chi connectivity index (χ4n) is 3.86. The van der Waals surface area contributed by atoms with Crippen LogP contribution in [0, 0.1) is 0 Å². The fraction of sp³-hybridized carbons (Fsp3) is 0.632. The summed E-state index contributed by atoms with van der Waals surface area (Å²) in [4.78, 5) is 14.5. The van der Waals surface area contributed by atoms with Crippen LogP contribution in [0.25, 0.3) is 0 Å². The Morgan fingerprint density at radius 3 is 2.31 bits per heavy atom. The molecule has 0 unspecified atom stereocenters. The van der Waals surface area contributed by atoms with E-state index in [1.165, 1.54) is 23.4 Å². The van der Waals surface area contributed by atoms with Crippen molar-refractivity contribution in [1.29, 1.82) is 0 Å². The second-order valence-electron chi connectivity index (χ2n) is 7.34. The summed E-state index contributed by atoms with van der Waals surface area (Å²) in [5.74, 6) is -0.0702. The van der Waals surface area contributed by atoms with Crippen LogP contribution in [0.15, 0.2) is 24.3 Å². The first-order valence-corrected chi connectivity index (χ1v) is 11.4. The van der Waals surface area contributed by atoms with E-state index in [9.17, 15) is 13.2 Å². The molecule has 2 fully saturated rings. The van der Waals surface area contributed by atoms with Gasteiger partial charge in [-0.1, -0.05) is 12.8 Å². The standard InChI is InChI=1S/C19H29N3O3S/c1-26(24,25)22(15-12-19(23)20-16-6-2-3-7-16)18-10-8-17(9-11-18)21-13-4-5-14-21/h8-11,16H,2-7,12-15H2,1H3,(H,20,23). The van der Waals surface area contributed by atoms with Crippen molar-refractivity contribution in [2.75, 3.05) is 35.1 Å². The Bertz CT molecular complexity index is 706. The van der Waals surface area contributed by atoms with Gasteiger partial charge in [-0.05, 0) is 49.9 Å². The molecule has 1 N–H and O–H groups in total. The van der Waals surface area contributed by atoms with Gasteiger partial charge in [0.25, 0.3) is 0 Å². The van der Waals surface area contributed by atoms with Gasteiger partial charge in [0.2, 0.25) is 15.9 Å². The van der Waals surface area contributed by atoms with Crippen LogP contribution in [0.5, 0.6) is 0 Å². The number of anilines is 2. The summed E-state index contributed by atoms with van der Waals surface area (Å²) < 4.78 is 25.8. The third-order valence-electron chi connectivity index (χ3n) is 5.27. The van der Waals surface area contributed by atoms with E-state index < -0.39 is 10.0 Å². The van der Waals surface area contributed by atoms with E-state index in [2.05, 4.69) is 10.2 Å². The number of nitrogens with one attached hydrogen (secondary N) is 1. The lowest BCUT2D eigenvalue weighted by Crippen LogP contribution is -2.37. The van der Waals surface area contributed by atoms with Gasteiger partial charge in [-0.3, -0.25) is 9.10 Å². The van der Waals surface area contributed by atoms with E-state index >= 15 is 0 Å². The molecule has 1 heterocycles. The molecule has 1 aliphatic heterocycles. The highest BCUT2D eigenvalue weighted by Gasteiger charge is 2.21. The number of carbonyl (C=O) groups is 1. The van der Waals surface area contributed by atoms with E-state index in [0.29, 0.717) is 5.69 Å². The lowest BCUT2D eigenvalue weighted by atomic mass is 10.2. The van der Waals surface area contributed by atoms with E-state index in [-0.39, 0.29) is 24.9 Å². The largest absolute Gasteiger partial charge is 0.372 e. The van der Waals surface area contributed by atoms with Crippen LogP contribution >= 0.6 is 0 Å². The highest BCUT2D eigenvalue weighted by molar-refractivity contribution is 7.92. The van der Waals surface area contributed by atoms with Crippen molar-refractivity contribution in [3.8, 4) is 0 Å². The van der Waals surface area contributed by atoms with Gasteiger partial charge < -0.3 is 10.2 Å². The third-order valence-corrected chi connectivity index (χ3v) is 6.47. The maximum atomic E-state index is 12.2. The quantitative estimate of drug-likeness (QED) is 0.790. The SMILES string of the molecule is CS(=O)(=O)N(CCC(=O)NC1CCCC1)c1ccc(N2CCCC2)cc1. The average Bonchev–Trinajstić information content (AvgIpc) is 3.28. The molecule has 1 aliphatic carbocycles. The number of amides is 1. The Kier molecular flexibility index (Phi) is 6.06. The molecule has 0 spiro atoms. The van der Waals surface area contributed by atoms with Crippen molar-refractivity contribution in [3.05, 3.63) is 24.3 Å². The molecule has 0 radical (unpaired) electrons. The first-order chi connectivity index (χ1) is 12.4. The molecule has 7 heteroatoms. The van der Waals surface area contributed by atoms with Crippen molar-refractivity contribution < 1.29 is 13.2 Å². The summed E-state index contributed by atoms with van der Waals surface area (Å²) in [5, 5.41) is 3.02. The highest BCUT2D eigenvalue weighted by atomic mass is 32.2. The zero-order valence-electron chi connectivity index (χ0n) is 15.5. The monoisotopic (exact) mass is 379 g/mol. The lowest BCUT2D eigenvalue weighted by molar-refractivity contribution is -0.121. The van der Waals surface area contributed by atoms with Gasteiger partial charge in [0.05, 0.1) is 11.9 Å². The predicted octanol–water partition coefficient (Wildman–Crippen LogP) is 2.50. The first kappa shape index (κ1) is 19.0. The molecule has 2 aliphatic rings.